The van der Waals surface area contributed by atoms with Crippen molar-refractivity contribution in [2.75, 3.05) is 9.96 Å². The van der Waals surface area contributed by atoms with Gasteiger partial charge in [-0.05, 0) is 43.7 Å². The maximum Gasteiger partial charge on any atom is 0.271 e. The standard InChI is InChI=1S/C25H19ClFN3O5/c1-13-9-10-19(14(2)11-13)28-24(31)21-22(20-17(26)7-4-8-18(20)27)29(35-23(21)25(28)32)15-5-3-6-16(12-15)30(33)34/h3-12,21-23H,1-2H3/t21-,22-,23-/m1/s1. The number of halogens is 2. The number of hydrogen-bond acceptors (Lipinski definition) is 6. The monoisotopic (exact) mass is 495 g/mol. The zero-order valence-electron chi connectivity index (χ0n) is 18.6. The lowest BCUT2D eigenvalue weighted by Gasteiger charge is -2.29. The molecule has 3 aromatic carbocycles. The van der Waals surface area contributed by atoms with Gasteiger partial charge in [-0.25, -0.2) is 14.4 Å². The number of anilines is 2. The number of amides is 2. The van der Waals surface area contributed by atoms with Crippen molar-refractivity contribution in [3.63, 3.8) is 0 Å². The fourth-order valence-electron chi connectivity index (χ4n) is 4.76. The van der Waals surface area contributed by atoms with E-state index in [1.165, 1.54) is 47.5 Å². The molecule has 0 aliphatic carbocycles. The SMILES string of the molecule is Cc1ccc(N2C(=O)[C@@H]3[C@@H](c4c(F)cccc4Cl)N(c4cccc([N+](=O)[O-])c4)O[C@H]3C2=O)c(C)c1. The summed E-state index contributed by atoms with van der Waals surface area (Å²) in [6, 6.07) is 13.8. The highest BCUT2D eigenvalue weighted by Gasteiger charge is 2.61. The summed E-state index contributed by atoms with van der Waals surface area (Å²) in [5.41, 5.74) is 2.05. The van der Waals surface area contributed by atoms with Crippen LogP contribution in [0, 0.1) is 35.7 Å². The third-order valence-corrected chi connectivity index (χ3v) is 6.63. The van der Waals surface area contributed by atoms with Crippen molar-refractivity contribution in [3.05, 3.63) is 98.3 Å². The zero-order chi connectivity index (χ0) is 25.0. The van der Waals surface area contributed by atoms with Gasteiger partial charge in [0.1, 0.15) is 17.8 Å². The largest absolute Gasteiger partial charge is 0.273 e. The summed E-state index contributed by atoms with van der Waals surface area (Å²) in [5, 5.41) is 12.6. The topological polar surface area (TPSA) is 93.0 Å². The van der Waals surface area contributed by atoms with Gasteiger partial charge in [0.05, 0.1) is 16.3 Å². The van der Waals surface area contributed by atoms with Gasteiger partial charge in [0.15, 0.2) is 6.10 Å². The second-order valence-corrected chi connectivity index (χ2v) is 8.94. The van der Waals surface area contributed by atoms with Crippen molar-refractivity contribution in [2.24, 2.45) is 5.92 Å². The van der Waals surface area contributed by atoms with Crippen LogP contribution in [0.1, 0.15) is 22.7 Å². The first kappa shape index (κ1) is 22.9. The summed E-state index contributed by atoms with van der Waals surface area (Å²) >= 11 is 6.37. The molecule has 2 aliphatic rings. The summed E-state index contributed by atoms with van der Waals surface area (Å²) in [6.07, 6.45) is -1.26. The maximum absolute atomic E-state index is 15.1. The summed E-state index contributed by atoms with van der Waals surface area (Å²) < 4.78 is 15.1. The number of rotatable bonds is 4. The molecule has 2 amide bonds. The highest BCUT2D eigenvalue weighted by molar-refractivity contribution is 6.31. The second kappa shape index (κ2) is 8.44. The zero-order valence-corrected chi connectivity index (χ0v) is 19.4. The van der Waals surface area contributed by atoms with Crippen LogP contribution in [0.5, 0.6) is 0 Å². The number of benzene rings is 3. The third-order valence-electron chi connectivity index (χ3n) is 6.30. The van der Waals surface area contributed by atoms with Crippen molar-refractivity contribution < 1.29 is 23.7 Å². The van der Waals surface area contributed by atoms with Crippen LogP contribution in [-0.4, -0.2) is 22.8 Å². The number of non-ortho nitro benzene ring substituents is 1. The molecule has 0 N–H and O–H groups in total. The van der Waals surface area contributed by atoms with E-state index in [0.717, 1.165) is 16.0 Å². The molecule has 2 heterocycles. The lowest BCUT2D eigenvalue weighted by atomic mass is 9.90. The molecule has 2 saturated heterocycles. The Kier molecular flexibility index (Phi) is 5.53. The third kappa shape index (κ3) is 3.64. The van der Waals surface area contributed by atoms with E-state index in [1.54, 1.807) is 19.1 Å². The Hall–Kier alpha value is -3.82. The smallest absolute Gasteiger partial charge is 0.271 e. The molecule has 178 valence electrons. The Morgan fingerprint density at radius 2 is 1.77 bits per heavy atom. The number of nitrogens with zero attached hydrogens (tertiary/aromatic N) is 3. The van der Waals surface area contributed by atoms with E-state index in [9.17, 15) is 19.7 Å². The van der Waals surface area contributed by atoms with Gasteiger partial charge in [0.2, 0.25) is 5.91 Å². The fraction of sp³-hybridized carbons (Fsp3) is 0.200. The molecule has 2 aliphatic heterocycles. The maximum atomic E-state index is 15.1. The predicted octanol–water partition coefficient (Wildman–Crippen LogP) is 5.06. The number of carbonyl (C=O) groups excluding carboxylic acids is 2. The van der Waals surface area contributed by atoms with Crippen molar-refractivity contribution >= 4 is 40.5 Å². The molecular formula is C25H19ClFN3O5. The Labute approximate surface area is 204 Å². The van der Waals surface area contributed by atoms with E-state index >= 15 is 4.39 Å². The van der Waals surface area contributed by atoms with Gasteiger partial charge in [-0.3, -0.25) is 24.5 Å². The van der Waals surface area contributed by atoms with Crippen LogP contribution < -0.4 is 9.96 Å². The quantitative estimate of drug-likeness (QED) is 0.285. The molecule has 5 rings (SSSR count). The molecule has 0 bridgehead atoms. The lowest BCUT2D eigenvalue weighted by Crippen LogP contribution is -2.38. The number of fused-ring (bicyclic) bond motifs is 1. The van der Waals surface area contributed by atoms with Crippen molar-refractivity contribution in [1.29, 1.82) is 0 Å². The van der Waals surface area contributed by atoms with Crippen LogP contribution in [0.4, 0.5) is 21.5 Å². The Morgan fingerprint density at radius 3 is 2.46 bits per heavy atom. The Bertz CT molecular complexity index is 1380. The van der Waals surface area contributed by atoms with E-state index in [2.05, 4.69) is 0 Å². The van der Waals surface area contributed by atoms with Crippen molar-refractivity contribution in [1.82, 2.24) is 0 Å². The number of hydrogen-bond donors (Lipinski definition) is 0. The summed E-state index contributed by atoms with van der Waals surface area (Å²) in [6.45, 7) is 3.69. The first-order valence-corrected chi connectivity index (χ1v) is 11.2. The van der Waals surface area contributed by atoms with Gasteiger partial charge in [-0.1, -0.05) is 41.4 Å². The first-order chi connectivity index (χ1) is 16.7. The molecule has 8 nitrogen and oxygen atoms in total. The number of imide groups is 1. The van der Waals surface area contributed by atoms with Crippen molar-refractivity contribution in [3.8, 4) is 0 Å². The Morgan fingerprint density at radius 1 is 1.03 bits per heavy atom. The van der Waals surface area contributed by atoms with Crippen LogP contribution in [0.25, 0.3) is 0 Å². The first-order valence-electron chi connectivity index (χ1n) is 10.8. The van der Waals surface area contributed by atoms with Crippen molar-refractivity contribution in [2.45, 2.75) is 26.0 Å². The summed E-state index contributed by atoms with van der Waals surface area (Å²) in [4.78, 5) is 44.9. The summed E-state index contributed by atoms with van der Waals surface area (Å²) in [5.74, 6) is -2.98. The molecule has 0 aromatic heterocycles. The van der Waals surface area contributed by atoms with Crippen LogP contribution >= 0.6 is 11.6 Å². The molecule has 0 spiro atoms. The lowest BCUT2D eigenvalue weighted by molar-refractivity contribution is -0.384. The number of carbonyl (C=O) groups is 2. The van der Waals surface area contributed by atoms with Gasteiger partial charge < -0.3 is 0 Å². The van der Waals surface area contributed by atoms with Crippen LogP contribution in [0.3, 0.4) is 0 Å². The molecule has 0 saturated carbocycles. The molecule has 0 radical (unpaired) electrons. The summed E-state index contributed by atoms with van der Waals surface area (Å²) in [7, 11) is 0. The van der Waals surface area contributed by atoms with Crippen LogP contribution in [0.15, 0.2) is 60.7 Å². The van der Waals surface area contributed by atoms with Crippen LogP contribution in [0.2, 0.25) is 5.02 Å². The fourth-order valence-corrected chi connectivity index (χ4v) is 5.04. The van der Waals surface area contributed by atoms with Gasteiger partial charge in [-0.15, -0.1) is 0 Å². The molecule has 3 aromatic rings. The molecule has 2 fully saturated rings. The molecule has 3 atom stereocenters. The van der Waals surface area contributed by atoms with Gasteiger partial charge in [0, 0.05) is 22.7 Å². The van der Waals surface area contributed by atoms with E-state index in [1.807, 2.05) is 13.0 Å². The minimum atomic E-state index is -1.26. The van der Waals surface area contributed by atoms with E-state index in [0.29, 0.717) is 5.69 Å². The normalized spacial score (nSPS) is 21.5. The predicted molar refractivity (Wildman–Crippen MR) is 126 cm³/mol. The molecule has 0 unspecified atom stereocenters. The average molecular weight is 496 g/mol. The molecule has 10 heteroatoms. The van der Waals surface area contributed by atoms with Crippen LogP contribution in [-0.2, 0) is 14.4 Å². The van der Waals surface area contributed by atoms with Gasteiger partial charge in [0.25, 0.3) is 11.6 Å². The Balaban J connectivity index is 1.65. The van der Waals surface area contributed by atoms with E-state index in [4.69, 9.17) is 16.4 Å². The highest BCUT2D eigenvalue weighted by atomic mass is 35.5. The van der Waals surface area contributed by atoms with Gasteiger partial charge >= 0.3 is 0 Å². The minimum absolute atomic E-state index is 0.0307. The highest BCUT2D eigenvalue weighted by Crippen LogP contribution is 2.50. The molecule has 35 heavy (non-hydrogen) atoms. The van der Waals surface area contributed by atoms with Gasteiger partial charge in [-0.2, -0.15) is 0 Å². The number of nitro benzene ring substituents is 1. The second-order valence-electron chi connectivity index (χ2n) is 8.54. The van der Waals surface area contributed by atoms with E-state index in [-0.39, 0.29) is 22.0 Å². The molecular weight excluding hydrogens is 477 g/mol. The number of nitro groups is 1. The van der Waals surface area contributed by atoms with E-state index < -0.39 is 40.6 Å². The minimum Gasteiger partial charge on any atom is -0.273 e. The number of hydroxylamine groups is 1. The average Bonchev–Trinajstić information content (AvgIpc) is 3.30. The number of aryl methyl sites for hydroxylation is 2.